The van der Waals surface area contributed by atoms with Gasteiger partial charge in [-0.1, -0.05) is 18.2 Å². The lowest BCUT2D eigenvalue weighted by Crippen LogP contribution is -2.49. The van der Waals surface area contributed by atoms with Crippen LogP contribution < -0.4 is 5.73 Å². The second kappa shape index (κ2) is 5.56. The average Bonchev–Trinajstić information content (AvgIpc) is 2.76. The molecule has 2 atom stereocenters. The Morgan fingerprint density at radius 1 is 1.40 bits per heavy atom. The van der Waals surface area contributed by atoms with Crippen LogP contribution in [0.3, 0.4) is 0 Å². The molecule has 2 N–H and O–H groups in total. The first kappa shape index (κ1) is 13.6. The fourth-order valence-electron chi connectivity index (χ4n) is 2.83. The molecular formula is C16H22N2O2. The summed E-state index contributed by atoms with van der Waals surface area (Å²) in [5.41, 5.74) is 8.21. The highest BCUT2D eigenvalue weighted by Crippen LogP contribution is 2.27. The summed E-state index contributed by atoms with van der Waals surface area (Å²) in [4.78, 5) is 2.40. The van der Waals surface area contributed by atoms with Gasteiger partial charge in [-0.05, 0) is 19.9 Å². The second-order valence-electron chi connectivity index (χ2n) is 5.64. The summed E-state index contributed by atoms with van der Waals surface area (Å²) in [6.07, 6.45) is 0.127. The first-order valence-electron chi connectivity index (χ1n) is 7.21. The van der Waals surface area contributed by atoms with E-state index in [0.29, 0.717) is 0 Å². The molecule has 1 fully saturated rings. The Morgan fingerprint density at radius 2 is 2.20 bits per heavy atom. The Bertz CT molecular complexity index is 591. The predicted octanol–water partition coefficient (Wildman–Crippen LogP) is 2.29. The van der Waals surface area contributed by atoms with Crippen molar-refractivity contribution in [2.75, 3.05) is 19.7 Å². The van der Waals surface area contributed by atoms with Gasteiger partial charge in [-0.15, -0.1) is 0 Å². The molecule has 2 aromatic rings. The van der Waals surface area contributed by atoms with Gasteiger partial charge in [0.05, 0.1) is 12.7 Å². The van der Waals surface area contributed by atoms with Crippen LogP contribution in [-0.2, 0) is 11.3 Å². The fourth-order valence-corrected chi connectivity index (χ4v) is 2.83. The van der Waals surface area contributed by atoms with Crippen molar-refractivity contribution >= 4 is 11.0 Å². The number of morpholine rings is 1. The Labute approximate surface area is 119 Å². The highest BCUT2D eigenvalue weighted by atomic mass is 16.5. The van der Waals surface area contributed by atoms with Gasteiger partial charge >= 0.3 is 0 Å². The van der Waals surface area contributed by atoms with E-state index in [1.807, 2.05) is 26.0 Å². The van der Waals surface area contributed by atoms with Gasteiger partial charge in [0.2, 0.25) is 0 Å². The maximum Gasteiger partial charge on any atom is 0.134 e. The van der Waals surface area contributed by atoms with Crippen LogP contribution in [0.4, 0.5) is 0 Å². The molecule has 0 saturated carbocycles. The van der Waals surface area contributed by atoms with Gasteiger partial charge < -0.3 is 14.9 Å². The molecule has 0 bridgehead atoms. The molecule has 1 aliphatic rings. The van der Waals surface area contributed by atoms with Crippen molar-refractivity contribution in [3.8, 4) is 0 Å². The summed E-state index contributed by atoms with van der Waals surface area (Å²) >= 11 is 0. The number of hydrogen-bond donors (Lipinski definition) is 1. The topological polar surface area (TPSA) is 51.6 Å². The van der Waals surface area contributed by atoms with Crippen LogP contribution >= 0.6 is 0 Å². The molecule has 20 heavy (non-hydrogen) atoms. The number of benzene rings is 1. The highest BCUT2D eigenvalue weighted by Gasteiger charge is 2.24. The minimum Gasteiger partial charge on any atom is -0.461 e. The van der Waals surface area contributed by atoms with Gasteiger partial charge in [0, 0.05) is 36.6 Å². The third kappa shape index (κ3) is 2.59. The van der Waals surface area contributed by atoms with Gasteiger partial charge in [-0.25, -0.2) is 0 Å². The zero-order valence-corrected chi connectivity index (χ0v) is 12.1. The fraction of sp³-hybridized carbons (Fsp3) is 0.500. The largest absolute Gasteiger partial charge is 0.461 e. The Hall–Kier alpha value is -1.36. The number of para-hydroxylation sites is 1. The molecule has 0 radical (unpaired) electrons. The van der Waals surface area contributed by atoms with Crippen molar-refractivity contribution in [3.05, 3.63) is 35.6 Å². The molecule has 2 unspecified atom stereocenters. The van der Waals surface area contributed by atoms with E-state index in [1.165, 1.54) is 10.9 Å². The van der Waals surface area contributed by atoms with Gasteiger partial charge in [-0.2, -0.15) is 0 Å². The molecule has 1 aromatic heterocycles. The van der Waals surface area contributed by atoms with E-state index >= 15 is 0 Å². The maximum absolute atomic E-state index is 5.95. The summed E-state index contributed by atoms with van der Waals surface area (Å²) in [5, 5.41) is 1.22. The molecule has 1 saturated heterocycles. The molecule has 0 amide bonds. The van der Waals surface area contributed by atoms with Crippen LogP contribution in [0, 0.1) is 6.92 Å². The van der Waals surface area contributed by atoms with E-state index in [9.17, 15) is 0 Å². The van der Waals surface area contributed by atoms with Gasteiger partial charge in [-0.3, -0.25) is 4.90 Å². The summed E-state index contributed by atoms with van der Waals surface area (Å²) in [6, 6.07) is 8.29. The van der Waals surface area contributed by atoms with E-state index < -0.39 is 0 Å². The highest BCUT2D eigenvalue weighted by molar-refractivity contribution is 5.82. The number of ether oxygens (including phenoxy) is 1. The monoisotopic (exact) mass is 274 g/mol. The molecule has 1 aromatic carbocycles. The van der Waals surface area contributed by atoms with Crippen molar-refractivity contribution in [1.29, 1.82) is 0 Å². The van der Waals surface area contributed by atoms with Crippen LogP contribution in [0.15, 0.2) is 28.7 Å². The number of nitrogens with two attached hydrogens (primary N) is 1. The zero-order chi connectivity index (χ0) is 14.1. The number of hydrogen-bond acceptors (Lipinski definition) is 4. The second-order valence-corrected chi connectivity index (χ2v) is 5.64. The first-order chi connectivity index (χ1) is 9.65. The van der Waals surface area contributed by atoms with Crippen molar-refractivity contribution in [3.63, 3.8) is 0 Å². The normalized spacial score (nSPS) is 22.2. The minimum absolute atomic E-state index is 0.0694. The average molecular weight is 274 g/mol. The lowest BCUT2D eigenvalue weighted by Gasteiger charge is -2.34. The van der Waals surface area contributed by atoms with E-state index in [1.54, 1.807) is 0 Å². The van der Waals surface area contributed by atoms with Crippen molar-refractivity contribution in [1.82, 2.24) is 4.90 Å². The summed E-state index contributed by atoms with van der Waals surface area (Å²) in [7, 11) is 0. The van der Waals surface area contributed by atoms with E-state index in [2.05, 4.69) is 17.0 Å². The van der Waals surface area contributed by atoms with Crippen molar-refractivity contribution < 1.29 is 9.15 Å². The molecule has 4 nitrogen and oxygen atoms in total. The third-order valence-electron chi connectivity index (χ3n) is 4.05. The number of nitrogens with zero attached hydrogens (tertiary/aromatic N) is 1. The Kier molecular flexibility index (Phi) is 3.78. The zero-order valence-electron chi connectivity index (χ0n) is 12.1. The first-order valence-corrected chi connectivity index (χ1v) is 7.21. The van der Waals surface area contributed by atoms with E-state index in [-0.39, 0.29) is 12.1 Å². The molecule has 3 rings (SSSR count). The van der Waals surface area contributed by atoms with Crippen molar-refractivity contribution in [2.45, 2.75) is 32.5 Å². The minimum atomic E-state index is 0.0694. The van der Waals surface area contributed by atoms with Crippen LogP contribution in [-0.4, -0.2) is 36.7 Å². The quantitative estimate of drug-likeness (QED) is 0.933. The van der Waals surface area contributed by atoms with E-state index in [0.717, 1.165) is 37.6 Å². The van der Waals surface area contributed by atoms with Crippen LogP contribution in [0.5, 0.6) is 0 Å². The molecular weight excluding hydrogens is 252 g/mol. The SMILES string of the molecule is Cc1oc2ccccc2c1CN1CCOC(C(C)N)C1. The molecule has 0 aliphatic carbocycles. The summed E-state index contributed by atoms with van der Waals surface area (Å²) < 4.78 is 11.5. The molecule has 0 spiro atoms. The number of fused-ring (bicyclic) bond motifs is 1. The molecule has 1 aliphatic heterocycles. The maximum atomic E-state index is 5.95. The lowest BCUT2D eigenvalue weighted by molar-refractivity contribution is -0.0403. The third-order valence-corrected chi connectivity index (χ3v) is 4.05. The van der Waals surface area contributed by atoms with Crippen LogP contribution in [0.2, 0.25) is 0 Å². The number of rotatable bonds is 3. The Balaban J connectivity index is 1.81. The van der Waals surface area contributed by atoms with Crippen molar-refractivity contribution in [2.24, 2.45) is 5.73 Å². The Morgan fingerprint density at radius 3 is 3.00 bits per heavy atom. The predicted molar refractivity (Wildman–Crippen MR) is 79.6 cm³/mol. The van der Waals surface area contributed by atoms with Gasteiger partial charge in [0.25, 0.3) is 0 Å². The van der Waals surface area contributed by atoms with Crippen LogP contribution in [0.25, 0.3) is 11.0 Å². The smallest absolute Gasteiger partial charge is 0.134 e. The summed E-state index contributed by atoms with van der Waals surface area (Å²) in [6.45, 7) is 7.53. The van der Waals surface area contributed by atoms with Gasteiger partial charge in [0.1, 0.15) is 11.3 Å². The number of furan rings is 1. The number of aryl methyl sites for hydroxylation is 1. The molecule has 2 heterocycles. The standard InChI is InChI=1S/C16H22N2O2/c1-11(17)16-10-18(7-8-19-16)9-14-12(2)20-15-6-4-3-5-13(14)15/h3-6,11,16H,7-10,17H2,1-2H3. The lowest BCUT2D eigenvalue weighted by atomic mass is 10.1. The van der Waals surface area contributed by atoms with Gasteiger partial charge in [0.15, 0.2) is 0 Å². The summed E-state index contributed by atoms with van der Waals surface area (Å²) in [5.74, 6) is 1.01. The molecule has 4 heteroatoms. The van der Waals surface area contributed by atoms with E-state index in [4.69, 9.17) is 14.9 Å². The van der Waals surface area contributed by atoms with Crippen LogP contribution in [0.1, 0.15) is 18.2 Å². The molecule has 108 valence electrons.